The first-order valence-corrected chi connectivity index (χ1v) is 24.4. The molecule has 0 radical (unpaired) electrons. The Bertz CT molecular complexity index is 3950. The minimum Gasteiger partial charge on any atom is -0.246 e. The standard InChI is InChI=1S/C68H44N4/c1-6-20-46(21-7-1)62-61(63(47-22-8-2-9-23-47)65(50-26-12-4-13-27-50)69-64(62)49-24-10-3-11-25-49)48-36-40-53(41-37-48)68-71-66(51-28-14-5-15-29-51)70-67(72-68)52-38-34-45(35-39-52)54-42-43-59-57-32-17-16-30-55(57)56-31-18-19-33-58(56)60(59)44-54/h1-44H. The van der Waals surface area contributed by atoms with Gasteiger partial charge in [0.1, 0.15) is 0 Å². The topological polar surface area (TPSA) is 51.6 Å². The van der Waals surface area contributed by atoms with Crippen LogP contribution in [0.1, 0.15) is 0 Å². The van der Waals surface area contributed by atoms with Crippen LogP contribution in [0, 0.1) is 0 Å². The van der Waals surface area contributed by atoms with Gasteiger partial charge in [0.05, 0.1) is 11.4 Å². The third kappa shape index (κ3) is 7.78. The molecule has 0 aliphatic carbocycles. The molecule has 0 atom stereocenters. The molecule has 0 aliphatic rings. The van der Waals surface area contributed by atoms with Gasteiger partial charge in [-0.2, -0.15) is 0 Å². The highest BCUT2D eigenvalue weighted by atomic mass is 15.0. The fourth-order valence-corrected chi connectivity index (χ4v) is 10.3. The lowest BCUT2D eigenvalue weighted by Crippen LogP contribution is -2.02. The number of rotatable bonds is 9. The molecule has 2 heterocycles. The summed E-state index contributed by atoms with van der Waals surface area (Å²) in [7, 11) is 0. The number of fused-ring (bicyclic) bond motifs is 6. The van der Waals surface area contributed by atoms with Crippen LogP contribution in [0.15, 0.2) is 267 Å². The van der Waals surface area contributed by atoms with Crippen molar-refractivity contribution >= 4 is 32.3 Å². The van der Waals surface area contributed by atoms with Crippen molar-refractivity contribution in [3.05, 3.63) is 267 Å². The van der Waals surface area contributed by atoms with Gasteiger partial charge in [0, 0.05) is 44.5 Å². The SMILES string of the molecule is c1ccc(-c2nc(-c3ccc(-c4ccc5c6ccccc6c6ccccc6c5c4)cc3)nc(-c3ccc(-c4c(-c5ccccc5)c(-c5ccccc5)nc(-c5ccccc5)c4-c4ccccc4)cc3)n2)cc1. The summed E-state index contributed by atoms with van der Waals surface area (Å²) in [6.45, 7) is 0. The number of nitrogens with zero attached hydrogens (tertiary/aromatic N) is 4. The highest BCUT2D eigenvalue weighted by Crippen LogP contribution is 2.49. The van der Waals surface area contributed by atoms with Crippen molar-refractivity contribution in [2.24, 2.45) is 0 Å². The van der Waals surface area contributed by atoms with Crippen LogP contribution in [0.25, 0.3) is 134 Å². The van der Waals surface area contributed by atoms with Crippen LogP contribution in [-0.2, 0) is 0 Å². The zero-order valence-electron chi connectivity index (χ0n) is 39.2. The molecule has 336 valence electrons. The van der Waals surface area contributed by atoms with Gasteiger partial charge in [-0.1, -0.05) is 261 Å². The normalized spacial score (nSPS) is 11.3. The first-order chi connectivity index (χ1) is 35.7. The molecular formula is C68H44N4. The van der Waals surface area contributed by atoms with Crippen LogP contribution >= 0.6 is 0 Å². The van der Waals surface area contributed by atoms with E-state index in [2.05, 4.69) is 249 Å². The van der Waals surface area contributed by atoms with Crippen molar-refractivity contribution in [3.63, 3.8) is 0 Å². The van der Waals surface area contributed by atoms with E-state index < -0.39 is 0 Å². The summed E-state index contributed by atoms with van der Waals surface area (Å²) in [5.41, 5.74) is 15.4. The van der Waals surface area contributed by atoms with Crippen molar-refractivity contribution in [2.75, 3.05) is 0 Å². The fraction of sp³-hybridized carbons (Fsp3) is 0. The van der Waals surface area contributed by atoms with E-state index >= 15 is 0 Å². The first kappa shape index (κ1) is 42.5. The second kappa shape index (κ2) is 18.4. The Hall–Kier alpha value is -9.64. The lowest BCUT2D eigenvalue weighted by molar-refractivity contribution is 1.07. The van der Waals surface area contributed by atoms with E-state index in [0.717, 1.165) is 83.7 Å². The molecule has 0 aliphatic heterocycles. The molecule has 0 amide bonds. The van der Waals surface area contributed by atoms with Gasteiger partial charge >= 0.3 is 0 Å². The molecule has 4 nitrogen and oxygen atoms in total. The van der Waals surface area contributed by atoms with Crippen LogP contribution in [-0.4, -0.2) is 19.9 Å². The summed E-state index contributed by atoms with van der Waals surface area (Å²) in [4.78, 5) is 21.1. The van der Waals surface area contributed by atoms with Gasteiger partial charge < -0.3 is 0 Å². The molecule has 0 saturated carbocycles. The maximum atomic E-state index is 5.62. The Kier molecular flexibility index (Phi) is 10.8. The molecule has 0 saturated heterocycles. The predicted octanol–water partition coefficient (Wildman–Crippen LogP) is 17.7. The summed E-state index contributed by atoms with van der Waals surface area (Å²) in [6.07, 6.45) is 0. The molecule has 0 bridgehead atoms. The molecule has 0 unspecified atom stereocenters. The molecule has 13 aromatic rings. The highest BCUT2D eigenvalue weighted by Gasteiger charge is 2.25. The summed E-state index contributed by atoms with van der Waals surface area (Å²) in [5, 5.41) is 7.57. The predicted molar refractivity (Wildman–Crippen MR) is 299 cm³/mol. The van der Waals surface area contributed by atoms with Gasteiger partial charge in [0.2, 0.25) is 0 Å². The highest BCUT2D eigenvalue weighted by molar-refractivity contribution is 6.25. The van der Waals surface area contributed by atoms with Gasteiger partial charge in [-0.3, -0.25) is 0 Å². The van der Waals surface area contributed by atoms with Gasteiger partial charge in [-0.05, 0) is 66.2 Å². The van der Waals surface area contributed by atoms with Crippen LogP contribution in [0.3, 0.4) is 0 Å². The van der Waals surface area contributed by atoms with Crippen LogP contribution in [0.4, 0.5) is 0 Å². The quantitative estimate of drug-likeness (QED) is 0.135. The van der Waals surface area contributed by atoms with Gasteiger partial charge in [0.15, 0.2) is 17.5 Å². The Morgan fingerprint density at radius 1 is 0.167 bits per heavy atom. The third-order valence-corrected chi connectivity index (χ3v) is 13.7. The molecule has 11 aromatic carbocycles. The number of pyridine rings is 1. The minimum absolute atomic E-state index is 0.597. The molecule has 72 heavy (non-hydrogen) atoms. The second-order valence-corrected chi connectivity index (χ2v) is 18.1. The minimum atomic E-state index is 0.597. The number of aromatic nitrogens is 4. The smallest absolute Gasteiger partial charge is 0.164 e. The van der Waals surface area contributed by atoms with E-state index in [1.165, 1.54) is 32.3 Å². The van der Waals surface area contributed by atoms with Crippen molar-refractivity contribution in [2.45, 2.75) is 0 Å². The largest absolute Gasteiger partial charge is 0.246 e. The Balaban J connectivity index is 0.948. The molecule has 0 N–H and O–H groups in total. The molecule has 2 aromatic heterocycles. The molecule has 0 fully saturated rings. The van der Waals surface area contributed by atoms with E-state index in [0.29, 0.717) is 17.5 Å². The molecule has 4 heteroatoms. The molecule has 0 spiro atoms. The Morgan fingerprint density at radius 2 is 0.444 bits per heavy atom. The van der Waals surface area contributed by atoms with E-state index in [1.807, 2.05) is 18.2 Å². The second-order valence-electron chi connectivity index (χ2n) is 18.1. The zero-order valence-corrected chi connectivity index (χ0v) is 39.2. The fourth-order valence-electron chi connectivity index (χ4n) is 10.3. The van der Waals surface area contributed by atoms with Crippen LogP contribution in [0.5, 0.6) is 0 Å². The number of hydrogen-bond donors (Lipinski definition) is 0. The van der Waals surface area contributed by atoms with Crippen molar-refractivity contribution < 1.29 is 0 Å². The maximum Gasteiger partial charge on any atom is 0.164 e. The third-order valence-electron chi connectivity index (χ3n) is 13.7. The Labute approximate surface area is 418 Å². The first-order valence-electron chi connectivity index (χ1n) is 24.4. The van der Waals surface area contributed by atoms with Gasteiger partial charge in [0.25, 0.3) is 0 Å². The lowest BCUT2D eigenvalue weighted by atomic mass is 9.83. The van der Waals surface area contributed by atoms with Crippen molar-refractivity contribution in [1.29, 1.82) is 0 Å². The van der Waals surface area contributed by atoms with Gasteiger partial charge in [-0.15, -0.1) is 0 Å². The van der Waals surface area contributed by atoms with E-state index in [1.54, 1.807) is 0 Å². The van der Waals surface area contributed by atoms with Crippen LogP contribution < -0.4 is 0 Å². The number of hydrogen-bond acceptors (Lipinski definition) is 4. The molecule has 13 rings (SSSR count). The van der Waals surface area contributed by atoms with Gasteiger partial charge in [-0.25, -0.2) is 19.9 Å². The molecular weight excluding hydrogens is 873 g/mol. The Morgan fingerprint density at radius 3 is 0.861 bits per heavy atom. The van der Waals surface area contributed by atoms with E-state index in [-0.39, 0.29) is 0 Å². The summed E-state index contributed by atoms with van der Waals surface area (Å²) >= 11 is 0. The summed E-state index contributed by atoms with van der Waals surface area (Å²) in [6, 6.07) is 94.1. The zero-order chi connectivity index (χ0) is 47.8. The van der Waals surface area contributed by atoms with E-state index in [4.69, 9.17) is 19.9 Å². The summed E-state index contributed by atoms with van der Waals surface area (Å²) in [5.74, 6) is 1.82. The lowest BCUT2D eigenvalue weighted by Gasteiger charge is -2.23. The average Bonchev–Trinajstić information content (AvgIpc) is 3.47. The average molecular weight is 917 g/mol. The maximum absolute atomic E-state index is 5.62. The monoisotopic (exact) mass is 916 g/mol. The number of benzene rings is 11. The van der Waals surface area contributed by atoms with Crippen molar-refractivity contribution in [1.82, 2.24) is 19.9 Å². The van der Waals surface area contributed by atoms with E-state index in [9.17, 15) is 0 Å². The van der Waals surface area contributed by atoms with Crippen molar-refractivity contribution in [3.8, 4) is 101 Å². The summed E-state index contributed by atoms with van der Waals surface area (Å²) < 4.78 is 0. The van der Waals surface area contributed by atoms with Crippen LogP contribution in [0.2, 0.25) is 0 Å².